The number of carbonyl (C=O) groups is 1. The maximum Gasteiger partial charge on any atom is 0.336 e. The first-order valence-electron chi connectivity index (χ1n) is 5.66. The molecule has 1 aromatic heterocycles. The van der Waals surface area contributed by atoms with Crippen LogP contribution >= 0.6 is 0 Å². The van der Waals surface area contributed by atoms with Gasteiger partial charge in [-0.05, 0) is 12.1 Å². The second kappa shape index (κ2) is 4.93. The van der Waals surface area contributed by atoms with Crippen molar-refractivity contribution >= 4 is 12.1 Å². The van der Waals surface area contributed by atoms with E-state index in [0.717, 1.165) is 4.57 Å². The van der Waals surface area contributed by atoms with Crippen molar-refractivity contribution < 1.29 is 4.79 Å². The maximum atomic E-state index is 12.2. The molecule has 0 fully saturated rings. The van der Waals surface area contributed by atoms with Gasteiger partial charge in [0.1, 0.15) is 11.4 Å². The lowest BCUT2D eigenvalue weighted by Gasteiger charge is -2.15. The zero-order valence-corrected chi connectivity index (χ0v) is 10.6. The van der Waals surface area contributed by atoms with Crippen molar-refractivity contribution in [2.75, 3.05) is 12.4 Å². The molecule has 0 radical (unpaired) electrons. The van der Waals surface area contributed by atoms with Crippen LogP contribution in [0.15, 0.2) is 39.9 Å². The standard InChI is InChI=1S/C13H13N3O3/c1-14-11-10(8-17)12(18)15(2)13(19)16(11)9-6-4-3-5-7-9/h3-8,14H,1-2H3. The van der Waals surface area contributed by atoms with Gasteiger partial charge in [0.05, 0.1) is 5.69 Å². The molecule has 0 saturated heterocycles. The molecule has 98 valence electrons. The first kappa shape index (κ1) is 12.8. The number of nitrogens with zero attached hydrogens (tertiary/aromatic N) is 2. The van der Waals surface area contributed by atoms with E-state index in [9.17, 15) is 14.4 Å². The van der Waals surface area contributed by atoms with Crippen LogP contribution in [0.4, 0.5) is 5.82 Å². The Morgan fingerprint density at radius 2 is 1.79 bits per heavy atom. The molecule has 0 bridgehead atoms. The molecule has 1 aromatic carbocycles. The second-order valence-corrected chi connectivity index (χ2v) is 3.95. The van der Waals surface area contributed by atoms with Gasteiger partial charge in [-0.15, -0.1) is 0 Å². The van der Waals surface area contributed by atoms with Gasteiger partial charge in [-0.25, -0.2) is 9.36 Å². The van der Waals surface area contributed by atoms with Crippen LogP contribution in [0.1, 0.15) is 10.4 Å². The number of rotatable bonds is 3. The van der Waals surface area contributed by atoms with Crippen molar-refractivity contribution in [2.24, 2.45) is 7.05 Å². The summed E-state index contributed by atoms with van der Waals surface area (Å²) in [5, 5.41) is 2.74. The number of aromatic nitrogens is 2. The van der Waals surface area contributed by atoms with Crippen LogP contribution in [0.5, 0.6) is 0 Å². The first-order chi connectivity index (χ1) is 9.11. The van der Waals surface area contributed by atoms with Crippen molar-refractivity contribution in [2.45, 2.75) is 0 Å². The molecule has 2 aromatic rings. The molecule has 2 rings (SSSR count). The van der Waals surface area contributed by atoms with Crippen LogP contribution in [0.3, 0.4) is 0 Å². The fourth-order valence-electron chi connectivity index (χ4n) is 1.90. The van der Waals surface area contributed by atoms with Crippen LogP contribution in [0, 0.1) is 0 Å². The Morgan fingerprint density at radius 3 is 2.32 bits per heavy atom. The van der Waals surface area contributed by atoms with E-state index in [0.29, 0.717) is 12.0 Å². The third-order valence-corrected chi connectivity index (χ3v) is 2.86. The van der Waals surface area contributed by atoms with Crippen molar-refractivity contribution in [3.63, 3.8) is 0 Å². The SMILES string of the molecule is CNc1c(C=O)c(=O)n(C)c(=O)n1-c1ccccc1. The number of carbonyl (C=O) groups excluding carboxylic acids is 1. The molecular weight excluding hydrogens is 246 g/mol. The number of hydrogen-bond acceptors (Lipinski definition) is 4. The van der Waals surface area contributed by atoms with Gasteiger partial charge >= 0.3 is 5.69 Å². The summed E-state index contributed by atoms with van der Waals surface area (Å²) in [6, 6.07) is 8.80. The lowest BCUT2D eigenvalue weighted by atomic mass is 10.2. The van der Waals surface area contributed by atoms with Crippen LogP contribution in [0.25, 0.3) is 5.69 Å². The topological polar surface area (TPSA) is 73.1 Å². The molecule has 0 aliphatic carbocycles. The number of nitrogens with one attached hydrogen (secondary N) is 1. The van der Waals surface area contributed by atoms with Crippen LogP contribution in [-0.2, 0) is 7.05 Å². The molecule has 0 aliphatic rings. The van der Waals surface area contributed by atoms with E-state index in [4.69, 9.17) is 0 Å². The lowest BCUT2D eigenvalue weighted by Crippen LogP contribution is -2.40. The fraction of sp³-hybridized carbons (Fsp3) is 0.154. The summed E-state index contributed by atoms with van der Waals surface area (Å²) in [6.07, 6.45) is 0.451. The van der Waals surface area contributed by atoms with E-state index >= 15 is 0 Å². The molecule has 0 spiro atoms. The quantitative estimate of drug-likeness (QED) is 0.809. The minimum atomic E-state index is -0.614. The summed E-state index contributed by atoms with van der Waals surface area (Å²) in [6.45, 7) is 0. The number of aldehydes is 1. The Kier molecular flexibility index (Phi) is 3.33. The Morgan fingerprint density at radius 1 is 1.16 bits per heavy atom. The largest absolute Gasteiger partial charge is 0.373 e. The predicted octanol–water partition coefficient (Wildman–Crippen LogP) is 0.390. The number of para-hydroxylation sites is 1. The number of hydrogen-bond donors (Lipinski definition) is 1. The first-order valence-corrected chi connectivity index (χ1v) is 5.66. The van der Waals surface area contributed by atoms with Crippen LogP contribution in [-0.4, -0.2) is 22.5 Å². The molecule has 19 heavy (non-hydrogen) atoms. The van der Waals surface area contributed by atoms with Gasteiger partial charge in [0.25, 0.3) is 5.56 Å². The smallest absolute Gasteiger partial charge is 0.336 e. The minimum Gasteiger partial charge on any atom is -0.373 e. The zero-order valence-electron chi connectivity index (χ0n) is 10.6. The van der Waals surface area contributed by atoms with Gasteiger partial charge in [0, 0.05) is 14.1 Å². The molecule has 0 unspecified atom stereocenters. The summed E-state index contributed by atoms with van der Waals surface area (Å²) in [4.78, 5) is 35.2. The normalized spacial score (nSPS) is 10.2. The molecule has 0 amide bonds. The summed E-state index contributed by atoms with van der Waals surface area (Å²) in [5.41, 5.74) is -0.619. The van der Waals surface area contributed by atoms with Crippen molar-refractivity contribution in [1.29, 1.82) is 0 Å². The van der Waals surface area contributed by atoms with E-state index in [1.54, 1.807) is 31.3 Å². The average Bonchev–Trinajstić information content (AvgIpc) is 2.45. The van der Waals surface area contributed by atoms with Gasteiger partial charge in [0.2, 0.25) is 0 Å². The summed E-state index contributed by atoms with van der Waals surface area (Å²) in [7, 11) is 2.90. The lowest BCUT2D eigenvalue weighted by molar-refractivity contribution is 0.112. The highest BCUT2D eigenvalue weighted by molar-refractivity contribution is 5.82. The Balaban J connectivity index is 2.96. The van der Waals surface area contributed by atoms with E-state index in [2.05, 4.69) is 5.32 Å². The molecule has 6 nitrogen and oxygen atoms in total. The van der Waals surface area contributed by atoms with Gasteiger partial charge < -0.3 is 5.32 Å². The summed E-state index contributed by atoms with van der Waals surface area (Å²) < 4.78 is 2.21. The average molecular weight is 259 g/mol. The van der Waals surface area contributed by atoms with Gasteiger partial charge in [-0.3, -0.25) is 14.2 Å². The molecule has 0 saturated carbocycles. The molecular formula is C13H13N3O3. The van der Waals surface area contributed by atoms with Crippen molar-refractivity contribution in [3.8, 4) is 5.69 Å². The minimum absolute atomic E-state index is 0.0755. The number of anilines is 1. The van der Waals surface area contributed by atoms with E-state index in [1.165, 1.54) is 11.6 Å². The molecule has 1 N–H and O–H groups in total. The summed E-state index contributed by atoms with van der Waals surface area (Å²) >= 11 is 0. The van der Waals surface area contributed by atoms with Crippen molar-refractivity contribution in [3.05, 3.63) is 56.7 Å². The van der Waals surface area contributed by atoms with Crippen LogP contribution in [0.2, 0.25) is 0 Å². The molecule has 0 atom stereocenters. The molecule has 1 heterocycles. The second-order valence-electron chi connectivity index (χ2n) is 3.95. The zero-order chi connectivity index (χ0) is 14.0. The third kappa shape index (κ3) is 1.97. The third-order valence-electron chi connectivity index (χ3n) is 2.86. The fourth-order valence-corrected chi connectivity index (χ4v) is 1.90. The highest BCUT2D eigenvalue weighted by atomic mass is 16.2. The molecule has 6 heteroatoms. The highest BCUT2D eigenvalue weighted by Crippen LogP contribution is 2.13. The monoisotopic (exact) mass is 259 g/mol. The van der Waals surface area contributed by atoms with Gasteiger partial charge in [-0.2, -0.15) is 0 Å². The van der Waals surface area contributed by atoms with E-state index < -0.39 is 11.2 Å². The van der Waals surface area contributed by atoms with Crippen molar-refractivity contribution in [1.82, 2.24) is 9.13 Å². The number of benzene rings is 1. The van der Waals surface area contributed by atoms with E-state index in [-0.39, 0.29) is 11.4 Å². The Hall–Kier alpha value is -2.63. The van der Waals surface area contributed by atoms with Gasteiger partial charge in [0.15, 0.2) is 6.29 Å². The molecule has 0 aliphatic heterocycles. The highest BCUT2D eigenvalue weighted by Gasteiger charge is 2.16. The van der Waals surface area contributed by atoms with Crippen LogP contribution < -0.4 is 16.6 Å². The van der Waals surface area contributed by atoms with E-state index in [1.807, 2.05) is 6.07 Å². The Labute approximate surface area is 108 Å². The summed E-state index contributed by atoms with van der Waals surface area (Å²) in [5.74, 6) is 0.189. The predicted molar refractivity (Wildman–Crippen MR) is 72.2 cm³/mol. The Bertz CT molecular complexity index is 729. The van der Waals surface area contributed by atoms with Gasteiger partial charge in [-0.1, -0.05) is 18.2 Å². The maximum absolute atomic E-state index is 12.2.